The molecule has 0 aromatic heterocycles. The van der Waals surface area contributed by atoms with E-state index in [2.05, 4.69) is 12.2 Å². The van der Waals surface area contributed by atoms with E-state index in [9.17, 15) is 9.59 Å². The third-order valence-electron chi connectivity index (χ3n) is 6.44. The number of nitrogens with one attached hydrogen (secondary N) is 1. The normalized spacial score (nSPS) is 12.4. The molecule has 0 aliphatic rings. The molecule has 0 bridgehead atoms. The van der Waals surface area contributed by atoms with Crippen LogP contribution in [0.1, 0.15) is 49.4 Å². The highest BCUT2D eigenvalue weighted by atomic mass is 16.5. The Morgan fingerprint density at radius 1 is 0.861 bits per heavy atom. The lowest BCUT2D eigenvalue weighted by Gasteiger charge is -2.32. The summed E-state index contributed by atoms with van der Waals surface area (Å²) in [5.41, 5.74) is 4.32. The van der Waals surface area contributed by atoms with E-state index in [1.165, 1.54) is 5.56 Å². The molecule has 3 rings (SSSR count). The van der Waals surface area contributed by atoms with E-state index in [-0.39, 0.29) is 24.5 Å². The van der Waals surface area contributed by atoms with Crippen molar-refractivity contribution >= 4 is 11.8 Å². The van der Waals surface area contributed by atoms with Crippen LogP contribution >= 0.6 is 0 Å². The van der Waals surface area contributed by atoms with Crippen molar-refractivity contribution in [2.45, 2.75) is 65.6 Å². The van der Waals surface area contributed by atoms with Gasteiger partial charge in [0.1, 0.15) is 11.8 Å². The fourth-order valence-electron chi connectivity index (χ4n) is 3.93. The molecule has 0 aliphatic heterocycles. The summed E-state index contributed by atoms with van der Waals surface area (Å²) < 4.78 is 5.86. The molecule has 2 atom stereocenters. The van der Waals surface area contributed by atoms with Crippen molar-refractivity contribution in [3.05, 3.63) is 101 Å². The number of amides is 2. The second-order valence-electron chi connectivity index (χ2n) is 9.32. The molecule has 3 aromatic rings. The molecular formula is C31H38N2O3. The number of carbonyl (C=O) groups excluding carboxylic acids is 2. The maximum absolute atomic E-state index is 13.6. The zero-order valence-corrected chi connectivity index (χ0v) is 21.9. The van der Waals surface area contributed by atoms with Gasteiger partial charge in [0.15, 0.2) is 6.61 Å². The van der Waals surface area contributed by atoms with Gasteiger partial charge in [-0.1, -0.05) is 86.1 Å². The topological polar surface area (TPSA) is 58.6 Å². The number of ether oxygens (including phenoxy) is 1. The summed E-state index contributed by atoms with van der Waals surface area (Å²) in [6, 6.07) is 25.0. The predicted molar refractivity (Wildman–Crippen MR) is 145 cm³/mol. The highest BCUT2D eigenvalue weighted by molar-refractivity contribution is 5.88. The highest BCUT2D eigenvalue weighted by Crippen LogP contribution is 2.17. The third-order valence-corrected chi connectivity index (χ3v) is 6.44. The number of aryl methyl sites for hydroxylation is 2. The first-order chi connectivity index (χ1) is 17.4. The largest absolute Gasteiger partial charge is 0.484 e. The Hall–Kier alpha value is -3.60. The minimum Gasteiger partial charge on any atom is -0.484 e. The second kappa shape index (κ2) is 13.5. The number of benzene rings is 3. The minimum absolute atomic E-state index is 0.0143. The average Bonchev–Trinajstić information content (AvgIpc) is 2.91. The number of hydrogen-bond acceptors (Lipinski definition) is 3. The summed E-state index contributed by atoms with van der Waals surface area (Å²) in [7, 11) is 0. The molecule has 5 nitrogen and oxygen atoms in total. The molecule has 190 valence electrons. The Morgan fingerprint density at radius 2 is 1.50 bits per heavy atom. The van der Waals surface area contributed by atoms with Gasteiger partial charge in [0, 0.05) is 19.0 Å². The number of hydrogen-bond donors (Lipinski definition) is 1. The molecule has 3 aromatic carbocycles. The maximum Gasteiger partial charge on any atom is 0.261 e. The number of rotatable bonds is 12. The first-order valence-corrected chi connectivity index (χ1v) is 12.8. The SMILES string of the molecule is CCc1ccc(OCC(=O)N(Cc2ccc(C)cc2)[C@@H](Cc2ccccc2)C(=O)N[C@@H](C)CC)cc1. The van der Waals surface area contributed by atoms with Crippen LogP contribution in [0.25, 0.3) is 0 Å². The molecule has 0 saturated heterocycles. The van der Waals surface area contributed by atoms with Gasteiger partial charge < -0.3 is 15.0 Å². The molecule has 0 radical (unpaired) electrons. The molecule has 0 aliphatic carbocycles. The first-order valence-electron chi connectivity index (χ1n) is 12.8. The quantitative estimate of drug-likeness (QED) is 0.368. The predicted octanol–water partition coefficient (Wildman–Crippen LogP) is 5.49. The molecule has 0 unspecified atom stereocenters. The van der Waals surface area contributed by atoms with Crippen molar-refractivity contribution in [2.24, 2.45) is 0 Å². The van der Waals surface area contributed by atoms with Gasteiger partial charge >= 0.3 is 0 Å². The first kappa shape index (κ1) is 27.0. The maximum atomic E-state index is 13.6. The number of nitrogens with zero attached hydrogens (tertiary/aromatic N) is 1. The lowest BCUT2D eigenvalue weighted by atomic mass is 10.0. The van der Waals surface area contributed by atoms with Gasteiger partial charge in [0.05, 0.1) is 0 Å². The molecule has 0 heterocycles. The highest BCUT2D eigenvalue weighted by Gasteiger charge is 2.31. The van der Waals surface area contributed by atoms with Crippen molar-refractivity contribution in [1.29, 1.82) is 0 Å². The lowest BCUT2D eigenvalue weighted by molar-refractivity contribution is -0.143. The van der Waals surface area contributed by atoms with E-state index >= 15 is 0 Å². The fraction of sp³-hybridized carbons (Fsp3) is 0.355. The van der Waals surface area contributed by atoms with Crippen LogP contribution in [0.3, 0.4) is 0 Å². The van der Waals surface area contributed by atoms with Gasteiger partial charge in [0.2, 0.25) is 5.91 Å². The summed E-state index contributed by atoms with van der Waals surface area (Å²) >= 11 is 0. The van der Waals surface area contributed by atoms with Gasteiger partial charge in [-0.2, -0.15) is 0 Å². The van der Waals surface area contributed by atoms with Crippen LogP contribution in [0, 0.1) is 6.92 Å². The smallest absolute Gasteiger partial charge is 0.261 e. The van der Waals surface area contributed by atoms with Gasteiger partial charge in [-0.15, -0.1) is 0 Å². The molecule has 0 spiro atoms. The Bertz CT molecular complexity index is 1090. The average molecular weight is 487 g/mol. The van der Waals surface area contributed by atoms with Gasteiger partial charge in [-0.25, -0.2) is 0 Å². The Balaban J connectivity index is 1.88. The van der Waals surface area contributed by atoms with Crippen LogP contribution in [-0.2, 0) is 29.0 Å². The van der Waals surface area contributed by atoms with Gasteiger partial charge in [-0.3, -0.25) is 9.59 Å². The zero-order chi connectivity index (χ0) is 25.9. The molecule has 5 heteroatoms. The van der Waals surface area contributed by atoms with Crippen molar-refractivity contribution in [2.75, 3.05) is 6.61 Å². The summed E-state index contributed by atoms with van der Waals surface area (Å²) in [5, 5.41) is 3.09. The van der Waals surface area contributed by atoms with Crippen molar-refractivity contribution in [3.63, 3.8) is 0 Å². The van der Waals surface area contributed by atoms with E-state index in [1.807, 2.05) is 99.6 Å². The Labute approximate surface area is 215 Å². The van der Waals surface area contributed by atoms with E-state index in [0.717, 1.165) is 29.5 Å². The molecule has 0 saturated carbocycles. The molecule has 0 fully saturated rings. The van der Waals surface area contributed by atoms with Crippen molar-refractivity contribution in [1.82, 2.24) is 10.2 Å². The summed E-state index contributed by atoms with van der Waals surface area (Å²) in [6.07, 6.45) is 2.18. The second-order valence-corrected chi connectivity index (χ2v) is 9.32. The molecule has 36 heavy (non-hydrogen) atoms. The van der Waals surface area contributed by atoms with Crippen LogP contribution in [-0.4, -0.2) is 35.4 Å². The van der Waals surface area contributed by atoms with E-state index in [4.69, 9.17) is 4.74 Å². The summed E-state index contributed by atoms with van der Waals surface area (Å²) in [5.74, 6) is 0.260. The van der Waals surface area contributed by atoms with E-state index in [0.29, 0.717) is 18.7 Å². The summed E-state index contributed by atoms with van der Waals surface area (Å²) in [6.45, 7) is 8.32. The minimum atomic E-state index is -0.665. The molecular weight excluding hydrogens is 448 g/mol. The van der Waals surface area contributed by atoms with Crippen LogP contribution in [0.5, 0.6) is 5.75 Å². The van der Waals surface area contributed by atoms with Gasteiger partial charge in [0.25, 0.3) is 5.91 Å². The van der Waals surface area contributed by atoms with Crippen molar-refractivity contribution in [3.8, 4) is 5.75 Å². The lowest BCUT2D eigenvalue weighted by Crippen LogP contribution is -2.53. The van der Waals surface area contributed by atoms with Crippen LogP contribution in [0.4, 0.5) is 0 Å². The molecule has 2 amide bonds. The van der Waals surface area contributed by atoms with Crippen LogP contribution < -0.4 is 10.1 Å². The Morgan fingerprint density at radius 3 is 2.11 bits per heavy atom. The van der Waals surface area contributed by atoms with E-state index in [1.54, 1.807) is 4.90 Å². The van der Waals surface area contributed by atoms with Crippen LogP contribution in [0.2, 0.25) is 0 Å². The van der Waals surface area contributed by atoms with Crippen LogP contribution in [0.15, 0.2) is 78.9 Å². The summed E-state index contributed by atoms with van der Waals surface area (Å²) in [4.78, 5) is 28.8. The monoisotopic (exact) mass is 486 g/mol. The van der Waals surface area contributed by atoms with Crippen molar-refractivity contribution < 1.29 is 14.3 Å². The van der Waals surface area contributed by atoms with E-state index < -0.39 is 6.04 Å². The third kappa shape index (κ3) is 7.98. The molecule has 1 N–H and O–H groups in total. The standard InChI is InChI=1S/C31H38N2O3/c1-5-24(4)32-31(35)29(20-26-10-8-7-9-11-26)33(21-27-14-12-23(3)13-15-27)30(34)22-36-28-18-16-25(6-2)17-19-28/h7-19,24,29H,5-6,20-22H2,1-4H3,(H,32,35)/t24-,29-/m0/s1. The number of carbonyl (C=O) groups is 2. The fourth-order valence-corrected chi connectivity index (χ4v) is 3.93. The Kier molecular flexibility index (Phi) is 10.1. The zero-order valence-electron chi connectivity index (χ0n) is 21.9. The van der Waals surface area contributed by atoms with Gasteiger partial charge in [-0.05, 0) is 55.5 Å².